The molecule has 0 bridgehead atoms. The monoisotopic (exact) mass is 572 g/mol. The van der Waals surface area contributed by atoms with Crippen molar-refractivity contribution in [2.45, 2.75) is 141 Å². The molecule has 1 saturated heterocycles. The number of nitrogens with one attached hydrogen (secondary N) is 1. The second kappa shape index (κ2) is 24.2. The fourth-order valence-corrected chi connectivity index (χ4v) is 4.94. The molecule has 3 atom stereocenters. The second-order valence-corrected chi connectivity index (χ2v) is 10.5. The van der Waals surface area contributed by atoms with E-state index in [-0.39, 0.29) is 38.4 Å². The average molecular weight is 573 g/mol. The highest BCUT2D eigenvalue weighted by molar-refractivity contribution is 6.03. The van der Waals surface area contributed by atoms with E-state index in [2.05, 4.69) is 17.2 Å². The third-order valence-electron chi connectivity index (χ3n) is 7.61. The maximum atomic E-state index is 12.0. The molecule has 1 unspecified atom stereocenters. The molecule has 39 heavy (non-hydrogen) atoms. The van der Waals surface area contributed by atoms with E-state index >= 15 is 0 Å². The van der Waals surface area contributed by atoms with Gasteiger partial charge in [-0.15, -0.1) is 0 Å². The van der Waals surface area contributed by atoms with Crippen LogP contribution in [0, 0.1) is 0 Å². The molecule has 8 N–H and O–H groups in total. The van der Waals surface area contributed by atoms with Gasteiger partial charge in [0.25, 0.3) is 0 Å². The topological polar surface area (TPSA) is 161 Å². The standard InChI is InChI=1S/C18H39NO2.C12H14N2O2.ClH.H3N/c1-2-3-4-5-6-7-8-9-10-11-12-13-14-15-18(21)17(19)16-20;1-2-12(9-4-7-13-8-5-9)6-3-10(15)14-11(12)16;;/h17-18,20-21H,2-16,19H2,1H3;4-5,7-8H,2-3,6H2,1H3,(H,14,15,16);1H;1H3/t17-,18-;;;/m0.../s1. The number of aliphatic hydroxyl groups is 2. The lowest BCUT2D eigenvalue weighted by Gasteiger charge is -2.34. The van der Waals surface area contributed by atoms with E-state index in [1.54, 1.807) is 12.4 Å². The lowest BCUT2D eigenvalue weighted by atomic mass is 9.72. The summed E-state index contributed by atoms with van der Waals surface area (Å²) in [6, 6.07) is 3.22. The quantitative estimate of drug-likeness (QED) is 0.133. The van der Waals surface area contributed by atoms with Crippen LogP contribution in [-0.2, 0) is 15.0 Å². The zero-order valence-electron chi connectivity index (χ0n) is 25.5. The predicted molar refractivity (Wildman–Crippen MR) is 156 cm³/mol. The number of aliphatic hydroxyl groups excluding tert-OH is 2. The zero-order chi connectivity index (χ0) is 27.4. The van der Waals surface area contributed by atoms with E-state index in [1.807, 2.05) is 19.1 Å². The third kappa shape index (κ3) is 15.7. The summed E-state index contributed by atoms with van der Waals surface area (Å²) < 4.78 is 0. The van der Waals surface area contributed by atoms with Crippen LogP contribution in [0.3, 0.4) is 0 Å². The molecule has 1 aliphatic heterocycles. The summed E-state index contributed by atoms with van der Waals surface area (Å²) in [4.78, 5) is 27.1. The van der Waals surface area contributed by atoms with Crippen molar-refractivity contribution in [2.24, 2.45) is 5.73 Å². The lowest BCUT2D eigenvalue weighted by Crippen LogP contribution is -3.00. The number of piperidine rings is 1. The molecule has 0 radical (unpaired) electrons. The summed E-state index contributed by atoms with van der Waals surface area (Å²) in [7, 11) is 0. The minimum Gasteiger partial charge on any atom is -1.00 e. The highest BCUT2D eigenvalue weighted by atomic mass is 35.5. The summed E-state index contributed by atoms with van der Waals surface area (Å²) >= 11 is 0. The Hall–Kier alpha value is -1.58. The molecule has 0 spiro atoms. The predicted octanol–water partition coefficient (Wildman–Crippen LogP) is 2.59. The first-order valence-electron chi connectivity index (χ1n) is 14.7. The number of nitrogens with two attached hydrogens (primary N) is 1. The maximum Gasteiger partial charge on any atom is 1.00 e. The fraction of sp³-hybridized carbons (Fsp3) is 0.767. The molecule has 2 rings (SSSR count). The Bertz CT molecular complexity index is 748. The van der Waals surface area contributed by atoms with E-state index in [0.717, 1.165) is 18.4 Å². The van der Waals surface area contributed by atoms with Crippen LogP contribution >= 0.6 is 0 Å². The minimum atomic E-state index is -0.559. The molecule has 8 nitrogen and oxygen atoms in total. The molecule has 2 heterocycles. The summed E-state index contributed by atoms with van der Waals surface area (Å²) in [6.07, 6.45) is 22.5. The molecular weight excluding hydrogens is 516 g/mol. The van der Waals surface area contributed by atoms with Gasteiger partial charge in [-0.2, -0.15) is 0 Å². The Morgan fingerprint density at radius 2 is 1.44 bits per heavy atom. The average Bonchev–Trinajstić information content (AvgIpc) is 2.92. The molecule has 9 heteroatoms. The fourth-order valence-electron chi connectivity index (χ4n) is 4.94. The van der Waals surface area contributed by atoms with E-state index < -0.39 is 17.6 Å². The first-order valence-corrected chi connectivity index (χ1v) is 14.7. The number of aromatic nitrogens is 1. The maximum absolute atomic E-state index is 12.0. The van der Waals surface area contributed by atoms with Crippen LogP contribution in [0.5, 0.6) is 0 Å². The molecule has 2 amide bonds. The van der Waals surface area contributed by atoms with Crippen molar-refractivity contribution in [3.8, 4) is 0 Å². The van der Waals surface area contributed by atoms with Crippen molar-refractivity contribution < 1.29 is 33.6 Å². The van der Waals surface area contributed by atoms with Crippen LogP contribution < -0.4 is 29.6 Å². The zero-order valence-corrected chi connectivity index (χ0v) is 25.3. The minimum absolute atomic E-state index is 0. The Morgan fingerprint density at radius 1 is 0.949 bits per heavy atom. The van der Waals surface area contributed by atoms with Crippen molar-refractivity contribution in [1.29, 1.82) is 0 Å². The van der Waals surface area contributed by atoms with E-state index in [1.165, 1.54) is 77.0 Å². The van der Waals surface area contributed by atoms with Gasteiger partial charge < -0.3 is 34.5 Å². The molecule has 228 valence electrons. The molecule has 1 aromatic heterocycles. The van der Waals surface area contributed by atoms with Crippen molar-refractivity contribution in [3.63, 3.8) is 0 Å². The number of nitrogens with zero attached hydrogens (tertiary/aromatic N) is 1. The summed E-state index contributed by atoms with van der Waals surface area (Å²) in [5, 5.41) is 20.9. The Kier molecular flexibility index (Phi) is 24.6. The van der Waals surface area contributed by atoms with Crippen LogP contribution in [0.4, 0.5) is 0 Å². The summed E-state index contributed by atoms with van der Waals surface area (Å²) in [5.41, 5.74) is 5.94. The van der Waals surface area contributed by atoms with Gasteiger partial charge in [-0.25, -0.2) is 0 Å². The number of hydrogen-bond donors (Lipinski definition) is 5. The third-order valence-corrected chi connectivity index (χ3v) is 7.61. The van der Waals surface area contributed by atoms with Crippen LogP contribution in [0.15, 0.2) is 24.5 Å². The molecule has 1 aliphatic rings. The van der Waals surface area contributed by atoms with Crippen molar-refractivity contribution in [1.82, 2.24) is 16.5 Å². The summed E-state index contributed by atoms with van der Waals surface area (Å²) in [5.74, 6) is -0.361. The Labute approximate surface area is 244 Å². The normalized spacial score (nSPS) is 18.1. The lowest BCUT2D eigenvalue weighted by molar-refractivity contribution is -0.138. The largest absolute Gasteiger partial charge is 1.00 e. The van der Waals surface area contributed by atoms with E-state index in [4.69, 9.17) is 10.8 Å². The Balaban J connectivity index is -0.000000652. The van der Waals surface area contributed by atoms with E-state index in [0.29, 0.717) is 19.3 Å². The van der Waals surface area contributed by atoms with Crippen molar-refractivity contribution in [3.05, 3.63) is 30.1 Å². The van der Waals surface area contributed by atoms with Gasteiger partial charge in [-0.05, 0) is 37.0 Å². The first-order chi connectivity index (χ1) is 17.9. The van der Waals surface area contributed by atoms with Gasteiger partial charge in [0.1, 0.15) is 0 Å². The molecular formula is C30H57ClN4O4. The Morgan fingerprint density at radius 3 is 1.87 bits per heavy atom. The van der Waals surface area contributed by atoms with Crippen molar-refractivity contribution in [2.75, 3.05) is 6.61 Å². The van der Waals surface area contributed by atoms with Gasteiger partial charge in [0.05, 0.1) is 24.2 Å². The van der Waals surface area contributed by atoms with Crippen LogP contribution in [0.1, 0.15) is 130 Å². The SMILES string of the molecule is CCC1(c2ccncc2)CCC(=O)NC1=O.CCCCCCCCCCCCCCC[C@H](O)[C@@H](N)CO.N.[Cl-].[H+]. The van der Waals surface area contributed by atoms with E-state index in [9.17, 15) is 14.7 Å². The molecule has 1 aromatic rings. The number of carbonyl (C=O) groups is 2. The van der Waals surface area contributed by atoms with Gasteiger partial charge in [-0.1, -0.05) is 97.3 Å². The van der Waals surface area contributed by atoms with Crippen LogP contribution in [-0.4, -0.2) is 45.8 Å². The number of unbranched alkanes of at least 4 members (excludes halogenated alkanes) is 12. The van der Waals surface area contributed by atoms with Crippen molar-refractivity contribution >= 4 is 11.8 Å². The van der Waals surface area contributed by atoms with Crippen LogP contribution in [0.2, 0.25) is 0 Å². The van der Waals surface area contributed by atoms with Gasteiger partial charge in [0, 0.05) is 18.8 Å². The molecule has 0 aliphatic carbocycles. The van der Waals surface area contributed by atoms with Gasteiger partial charge in [0.2, 0.25) is 11.8 Å². The smallest absolute Gasteiger partial charge is 1.00 e. The number of carbonyl (C=O) groups excluding carboxylic acids is 2. The highest BCUT2D eigenvalue weighted by Crippen LogP contribution is 2.35. The molecule has 0 saturated carbocycles. The number of pyridine rings is 1. The number of rotatable bonds is 18. The number of imide groups is 1. The molecule has 1 fully saturated rings. The van der Waals surface area contributed by atoms with Crippen LogP contribution in [0.25, 0.3) is 0 Å². The summed E-state index contributed by atoms with van der Waals surface area (Å²) in [6.45, 7) is 4.11. The van der Waals surface area contributed by atoms with Gasteiger partial charge in [-0.3, -0.25) is 19.9 Å². The second-order valence-electron chi connectivity index (χ2n) is 10.5. The van der Waals surface area contributed by atoms with Gasteiger partial charge >= 0.3 is 1.43 Å². The molecule has 0 aromatic carbocycles. The highest BCUT2D eigenvalue weighted by Gasteiger charge is 2.42. The van der Waals surface area contributed by atoms with Gasteiger partial charge in [0.15, 0.2) is 0 Å². The number of amides is 2. The number of hydrogen-bond acceptors (Lipinski definition) is 7. The first kappa shape index (κ1) is 39.6. The number of halogens is 1.